The third-order valence-corrected chi connectivity index (χ3v) is 15.4. The van der Waals surface area contributed by atoms with E-state index in [1.54, 1.807) is 0 Å². The highest BCUT2D eigenvalue weighted by molar-refractivity contribution is 5.70. The standard InChI is InChI=1S/C66H128N2O8/c1-5-9-13-17-21-25-29-33-37-41-45-49-63(69)73-59-55-67(56-60-74-64(70)50-46-42-38-34-30-26-22-18-14-10-6-2)53-54-68(57-61-75-65(71)51-47-43-39-35-31-27-23-19-15-11-7-3)58-62-76-66(72)52-48-44-40-36-32-28-24-20-16-12-8-4/h5-62H2,1-4H3. The molecule has 0 atom stereocenters. The van der Waals surface area contributed by atoms with E-state index in [4.69, 9.17) is 18.9 Å². The Morgan fingerprint density at radius 2 is 0.355 bits per heavy atom. The van der Waals surface area contributed by atoms with Crippen LogP contribution in [-0.4, -0.2) is 99.4 Å². The second kappa shape index (κ2) is 62.0. The number of carbonyl (C=O) groups is 4. The molecule has 0 bridgehead atoms. The SMILES string of the molecule is CCCCCCCCCCCCCC(=O)OCCN(CCOC(=O)CCCCCCCCCCCCC)CCN(CCOC(=O)CCCCCCCCCCCCC)CCOC(=O)CCCCCCCCCCCCC. The van der Waals surface area contributed by atoms with Crippen LogP contribution in [-0.2, 0) is 38.1 Å². The maximum atomic E-state index is 12.8. The first-order valence-electron chi connectivity index (χ1n) is 33.4. The molecule has 0 amide bonds. The van der Waals surface area contributed by atoms with Crippen molar-refractivity contribution in [3.05, 3.63) is 0 Å². The zero-order valence-electron chi connectivity index (χ0n) is 51.2. The minimum Gasteiger partial charge on any atom is -0.464 e. The molecule has 0 heterocycles. The quantitative estimate of drug-likeness (QED) is 0.0332. The molecule has 0 radical (unpaired) electrons. The summed E-state index contributed by atoms with van der Waals surface area (Å²) in [7, 11) is 0. The van der Waals surface area contributed by atoms with Crippen LogP contribution in [0, 0.1) is 0 Å². The first-order chi connectivity index (χ1) is 37.4. The fraction of sp³-hybridized carbons (Fsp3) is 0.939. The number of hydrogen-bond donors (Lipinski definition) is 0. The van der Waals surface area contributed by atoms with Gasteiger partial charge in [-0.1, -0.05) is 285 Å². The number of unbranched alkanes of at least 4 members (excludes halogenated alkanes) is 40. The molecular formula is C66H128N2O8. The van der Waals surface area contributed by atoms with E-state index < -0.39 is 0 Å². The van der Waals surface area contributed by atoms with Crippen LogP contribution in [0.1, 0.15) is 336 Å². The molecule has 76 heavy (non-hydrogen) atoms. The summed E-state index contributed by atoms with van der Waals surface area (Å²) in [5, 5.41) is 0. The molecule has 0 aliphatic carbocycles. The Labute approximate surface area is 471 Å². The van der Waals surface area contributed by atoms with E-state index in [2.05, 4.69) is 37.5 Å². The molecular weight excluding hydrogens is 949 g/mol. The van der Waals surface area contributed by atoms with Gasteiger partial charge in [-0.15, -0.1) is 0 Å². The van der Waals surface area contributed by atoms with Gasteiger partial charge in [-0.2, -0.15) is 0 Å². The van der Waals surface area contributed by atoms with E-state index in [0.717, 1.165) is 51.4 Å². The van der Waals surface area contributed by atoms with E-state index in [9.17, 15) is 19.2 Å². The molecule has 0 fully saturated rings. The van der Waals surface area contributed by atoms with Crippen LogP contribution < -0.4 is 0 Å². The zero-order valence-corrected chi connectivity index (χ0v) is 51.2. The van der Waals surface area contributed by atoms with Crippen LogP contribution >= 0.6 is 0 Å². The predicted molar refractivity (Wildman–Crippen MR) is 321 cm³/mol. The Morgan fingerprint density at radius 1 is 0.211 bits per heavy atom. The van der Waals surface area contributed by atoms with Gasteiger partial charge in [0.15, 0.2) is 0 Å². The Hall–Kier alpha value is -2.20. The topological polar surface area (TPSA) is 112 Å². The van der Waals surface area contributed by atoms with Gasteiger partial charge in [-0.05, 0) is 25.7 Å². The van der Waals surface area contributed by atoms with E-state index in [-0.39, 0.29) is 50.3 Å². The minimum atomic E-state index is -0.152. The van der Waals surface area contributed by atoms with Crippen LogP contribution in [0.5, 0.6) is 0 Å². The van der Waals surface area contributed by atoms with Gasteiger partial charge in [0.25, 0.3) is 0 Å². The van der Waals surface area contributed by atoms with Crippen LogP contribution in [0.15, 0.2) is 0 Å². The van der Waals surface area contributed by atoms with Crippen LogP contribution in [0.2, 0.25) is 0 Å². The molecule has 0 N–H and O–H groups in total. The molecule has 0 saturated carbocycles. The molecule has 0 saturated heterocycles. The normalized spacial score (nSPS) is 11.5. The first kappa shape index (κ1) is 73.8. The van der Waals surface area contributed by atoms with Crippen molar-refractivity contribution in [1.82, 2.24) is 9.80 Å². The van der Waals surface area contributed by atoms with Gasteiger partial charge in [0, 0.05) is 65.0 Å². The van der Waals surface area contributed by atoms with Crippen molar-refractivity contribution in [3.8, 4) is 0 Å². The fourth-order valence-electron chi connectivity index (χ4n) is 10.1. The molecule has 0 aliphatic heterocycles. The average molecular weight is 1080 g/mol. The maximum Gasteiger partial charge on any atom is 0.305 e. The summed E-state index contributed by atoms with van der Waals surface area (Å²) in [6.07, 6.45) is 56.2. The number of carbonyl (C=O) groups excluding carboxylic acids is 4. The Morgan fingerprint density at radius 3 is 0.513 bits per heavy atom. The molecule has 450 valence electrons. The van der Waals surface area contributed by atoms with Crippen LogP contribution in [0.25, 0.3) is 0 Å². The highest BCUT2D eigenvalue weighted by Crippen LogP contribution is 2.16. The fourth-order valence-corrected chi connectivity index (χ4v) is 10.1. The third-order valence-electron chi connectivity index (χ3n) is 15.4. The van der Waals surface area contributed by atoms with E-state index in [1.165, 1.54) is 231 Å². The van der Waals surface area contributed by atoms with Crippen molar-refractivity contribution in [1.29, 1.82) is 0 Å². The first-order valence-corrected chi connectivity index (χ1v) is 33.4. The lowest BCUT2D eigenvalue weighted by atomic mass is 10.1. The average Bonchev–Trinajstić information content (AvgIpc) is 3.41. The molecule has 10 nitrogen and oxygen atoms in total. The van der Waals surface area contributed by atoms with Crippen LogP contribution in [0.4, 0.5) is 0 Å². The van der Waals surface area contributed by atoms with Crippen molar-refractivity contribution >= 4 is 23.9 Å². The predicted octanol–water partition coefficient (Wildman–Crippen LogP) is 18.6. The molecule has 0 aromatic carbocycles. The molecule has 0 unspecified atom stereocenters. The third kappa shape index (κ3) is 58.0. The van der Waals surface area contributed by atoms with Gasteiger partial charge in [0.2, 0.25) is 0 Å². The number of esters is 4. The number of ether oxygens (including phenoxy) is 4. The van der Waals surface area contributed by atoms with Crippen molar-refractivity contribution in [2.75, 3.05) is 65.7 Å². The van der Waals surface area contributed by atoms with Crippen molar-refractivity contribution in [3.63, 3.8) is 0 Å². The van der Waals surface area contributed by atoms with Crippen molar-refractivity contribution < 1.29 is 38.1 Å². The van der Waals surface area contributed by atoms with Gasteiger partial charge < -0.3 is 18.9 Å². The maximum absolute atomic E-state index is 12.8. The minimum absolute atomic E-state index is 0.152. The summed E-state index contributed by atoms with van der Waals surface area (Å²) in [6, 6.07) is 0. The van der Waals surface area contributed by atoms with E-state index in [0.29, 0.717) is 65.0 Å². The molecule has 0 spiro atoms. The van der Waals surface area contributed by atoms with Crippen molar-refractivity contribution in [2.24, 2.45) is 0 Å². The smallest absolute Gasteiger partial charge is 0.305 e. The summed E-state index contributed by atoms with van der Waals surface area (Å²) in [5.74, 6) is -0.608. The lowest BCUT2D eigenvalue weighted by molar-refractivity contribution is -0.146. The lowest BCUT2D eigenvalue weighted by Crippen LogP contribution is -2.41. The number of rotatable bonds is 63. The number of hydrogen-bond acceptors (Lipinski definition) is 10. The highest BCUT2D eigenvalue weighted by atomic mass is 16.5. The van der Waals surface area contributed by atoms with E-state index in [1.807, 2.05) is 0 Å². The van der Waals surface area contributed by atoms with Gasteiger partial charge in [0.05, 0.1) is 0 Å². The second-order valence-corrected chi connectivity index (χ2v) is 22.7. The summed E-state index contributed by atoms with van der Waals surface area (Å²) < 4.78 is 23.0. The molecule has 0 rings (SSSR count). The number of nitrogens with zero attached hydrogens (tertiary/aromatic N) is 2. The van der Waals surface area contributed by atoms with E-state index >= 15 is 0 Å². The summed E-state index contributed by atoms with van der Waals surface area (Å²) in [5.41, 5.74) is 0. The zero-order chi connectivity index (χ0) is 55.3. The highest BCUT2D eigenvalue weighted by Gasteiger charge is 2.15. The molecule has 0 aromatic rings. The Kier molecular flexibility index (Phi) is 60.2. The monoisotopic (exact) mass is 1080 g/mol. The van der Waals surface area contributed by atoms with Gasteiger partial charge in [0.1, 0.15) is 26.4 Å². The largest absolute Gasteiger partial charge is 0.464 e. The molecule has 0 aliphatic rings. The molecule has 0 aromatic heterocycles. The van der Waals surface area contributed by atoms with Crippen molar-refractivity contribution in [2.45, 2.75) is 336 Å². The lowest BCUT2D eigenvalue weighted by Gasteiger charge is -2.27. The summed E-state index contributed by atoms with van der Waals surface area (Å²) in [4.78, 5) is 55.6. The second-order valence-electron chi connectivity index (χ2n) is 22.7. The van der Waals surface area contributed by atoms with Gasteiger partial charge in [-0.3, -0.25) is 29.0 Å². The Bertz CT molecular complexity index is 1050. The Balaban J connectivity index is 5.20. The molecule has 10 heteroatoms. The van der Waals surface area contributed by atoms with Gasteiger partial charge in [-0.25, -0.2) is 0 Å². The summed E-state index contributed by atoms with van der Waals surface area (Å²) in [6.45, 7) is 13.5. The van der Waals surface area contributed by atoms with Crippen LogP contribution in [0.3, 0.4) is 0 Å². The van der Waals surface area contributed by atoms with Gasteiger partial charge >= 0.3 is 23.9 Å². The summed E-state index contributed by atoms with van der Waals surface area (Å²) >= 11 is 0.